The number of aromatic amines is 1. The molecule has 2 aliphatic heterocycles. The molecule has 33 heavy (non-hydrogen) atoms. The van der Waals surface area contributed by atoms with Gasteiger partial charge in [0.15, 0.2) is 0 Å². The summed E-state index contributed by atoms with van der Waals surface area (Å²) in [5.41, 5.74) is -0.0787. The van der Waals surface area contributed by atoms with Crippen LogP contribution in [0, 0.1) is 11.3 Å². The van der Waals surface area contributed by atoms with E-state index in [2.05, 4.69) is 51.5 Å². The average Bonchev–Trinajstić information content (AvgIpc) is 2.80. The van der Waals surface area contributed by atoms with E-state index in [1.807, 2.05) is 4.90 Å². The summed E-state index contributed by atoms with van der Waals surface area (Å²) < 4.78 is 0. The van der Waals surface area contributed by atoms with Crippen LogP contribution in [-0.4, -0.2) is 93.8 Å². The quantitative estimate of drug-likeness (QED) is 0.594. The van der Waals surface area contributed by atoms with Gasteiger partial charge in [0, 0.05) is 38.8 Å². The lowest BCUT2D eigenvalue weighted by Gasteiger charge is -2.45. The van der Waals surface area contributed by atoms with E-state index < -0.39 is 0 Å². The number of hydrogen-bond acceptors (Lipinski definition) is 9. The number of aromatic nitrogens is 4. The summed E-state index contributed by atoms with van der Waals surface area (Å²) in [6.45, 7) is 12.8. The molecule has 2 aliphatic rings. The number of H-pyrrole nitrogens is 1. The third-order valence-electron chi connectivity index (χ3n) is 6.53. The Labute approximate surface area is 192 Å². The number of nitrogens with zero attached hydrogens (tertiary/aromatic N) is 8. The van der Waals surface area contributed by atoms with Gasteiger partial charge < -0.3 is 14.7 Å². The molecule has 1 N–H and O–H groups in total. The van der Waals surface area contributed by atoms with Crippen molar-refractivity contribution in [3.8, 4) is 6.07 Å². The fraction of sp³-hybridized carbons (Fsp3) is 0.545. The van der Waals surface area contributed by atoms with Crippen molar-refractivity contribution in [2.75, 3.05) is 55.6 Å². The molecule has 0 radical (unpaired) electrons. The van der Waals surface area contributed by atoms with Crippen LogP contribution in [0.25, 0.3) is 10.9 Å². The number of anilines is 2. The van der Waals surface area contributed by atoms with Crippen molar-refractivity contribution >= 4 is 28.6 Å². The maximum Gasteiger partial charge on any atom is 0.290 e. The van der Waals surface area contributed by atoms with E-state index in [1.54, 1.807) is 11.1 Å². The number of piperazine rings is 1. The third kappa shape index (κ3) is 4.26. The highest BCUT2D eigenvalue weighted by atomic mass is 16.2. The molecule has 1 amide bonds. The van der Waals surface area contributed by atoms with Crippen LogP contribution in [0.15, 0.2) is 23.6 Å². The summed E-state index contributed by atoms with van der Waals surface area (Å²) in [6.07, 6.45) is 3.03. The predicted molar refractivity (Wildman–Crippen MR) is 125 cm³/mol. The average molecular weight is 452 g/mol. The van der Waals surface area contributed by atoms with Crippen LogP contribution in [0.4, 0.5) is 11.8 Å². The molecule has 174 valence electrons. The van der Waals surface area contributed by atoms with Gasteiger partial charge in [0.2, 0.25) is 11.9 Å². The summed E-state index contributed by atoms with van der Waals surface area (Å²) in [4.78, 5) is 42.4. The van der Waals surface area contributed by atoms with E-state index in [4.69, 9.17) is 4.98 Å². The fourth-order valence-corrected chi connectivity index (χ4v) is 4.65. The number of rotatable bonds is 7. The Morgan fingerprint density at radius 1 is 1.27 bits per heavy atom. The topological polar surface area (TPSA) is 125 Å². The van der Waals surface area contributed by atoms with Crippen molar-refractivity contribution in [2.45, 2.75) is 32.4 Å². The first-order valence-electron chi connectivity index (χ1n) is 11.3. The minimum absolute atomic E-state index is 0.190. The second-order valence-electron chi connectivity index (χ2n) is 8.29. The van der Waals surface area contributed by atoms with Crippen molar-refractivity contribution in [1.29, 1.82) is 5.26 Å². The number of likely N-dealkylation sites (N-methyl/N-ethyl adjacent to an activating group) is 1. The summed E-state index contributed by atoms with van der Waals surface area (Å²) in [5, 5.41) is 16.3. The van der Waals surface area contributed by atoms with E-state index >= 15 is 0 Å². The molecule has 2 aromatic heterocycles. The van der Waals surface area contributed by atoms with Crippen LogP contribution < -0.4 is 15.4 Å². The Morgan fingerprint density at radius 2 is 2.03 bits per heavy atom. The molecular formula is C22H29N9O2. The summed E-state index contributed by atoms with van der Waals surface area (Å²) >= 11 is 0. The molecule has 1 unspecified atom stereocenters. The molecule has 0 spiro atoms. The van der Waals surface area contributed by atoms with E-state index in [9.17, 15) is 14.9 Å². The Bertz CT molecular complexity index is 1130. The standard InChI is InChI=1S/C22H29N9O2/c1-4-18(32)31-10-9-29(12-15(31)7-8-23)20-17-11-24-27-21(33)19(17)25-22(26-20)30-13-16(14-30)28(5-2)6-3/h4,11,15-16H,1,5-7,9-10,12-14H2,2-3H3,(H,27,33). The molecule has 2 fully saturated rings. The number of carbonyl (C=O) groups excluding carboxylic acids is 1. The maximum atomic E-state index is 12.5. The van der Waals surface area contributed by atoms with Crippen LogP contribution in [-0.2, 0) is 4.79 Å². The summed E-state index contributed by atoms with van der Waals surface area (Å²) in [7, 11) is 0. The second-order valence-corrected chi connectivity index (χ2v) is 8.29. The van der Waals surface area contributed by atoms with Gasteiger partial charge in [-0.3, -0.25) is 14.5 Å². The van der Waals surface area contributed by atoms with Gasteiger partial charge in [0.05, 0.1) is 30.1 Å². The van der Waals surface area contributed by atoms with Gasteiger partial charge in [-0.2, -0.15) is 15.3 Å². The first-order chi connectivity index (χ1) is 16.0. The number of fused-ring (bicyclic) bond motifs is 1. The Hall–Kier alpha value is -3.52. The zero-order valence-electron chi connectivity index (χ0n) is 19.1. The number of nitriles is 1. The van der Waals surface area contributed by atoms with E-state index in [1.165, 1.54) is 6.08 Å². The van der Waals surface area contributed by atoms with Gasteiger partial charge in [-0.15, -0.1) is 0 Å². The minimum Gasteiger partial charge on any atom is -0.352 e. The SMILES string of the molecule is C=CC(=O)N1CCN(c2nc(N3CC(N(CC)CC)C3)nc3c(=O)[nH]ncc23)CC1CC#N. The monoisotopic (exact) mass is 451 g/mol. The van der Waals surface area contributed by atoms with Crippen LogP contribution >= 0.6 is 0 Å². The highest BCUT2D eigenvalue weighted by Gasteiger charge is 2.35. The lowest BCUT2D eigenvalue weighted by molar-refractivity contribution is -0.128. The Balaban J connectivity index is 1.67. The first kappa shape index (κ1) is 22.7. The molecule has 1 atom stereocenters. The van der Waals surface area contributed by atoms with Crippen LogP contribution in [0.3, 0.4) is 0 Å². The highest BCUT2D eigenvalue weighted by molar-refractivity contribution is 5.90. The molecule has 4 heterocycles. The van der Waals surface area contributed by atoms with Crippen molar-refractivity contribution in [2.24, 2.45) is 0 Å². The molecule has 0 aromatic carbocycles. The van der Waals surface area contributed by atoms with E-state index in [0.717, 1.165) is 26.2 Å². The van der Waals surface area contributed by atoms with Crippen molar-refractivity contribution in [1.82, 2.24) is 30.0 Å². The zero-order chi connectivity index (χ0) is 23.5. The molecule has 2 aromatic rings. The van der Waals surface area contributed by atoms with Crippen LogP contribution in [0.5, 0.6) is 0 Å². The smallest absolute Gasteiger partial charge is 0.290 e. The van der Waals surface area contributed by atoms with Gasteiger partial charge in [0.25, 0.3) is 5.56 Å². The summed E-state index contributed by atoms with van der Waals surface area (Å²) in [5.74, 6) is 0.928. The Morgan fingerprint density at radius 3 is 2.70 bits per heavy atom. The molecule has 0 saturated carbocycles. The zero-order valence-corrected chi connectivity index (χ0v) is 19.1. The largest absolute Gasteiger partial charge is 0.352 e. The molecule has 0 aliphatic carbocycles. The lowest BCUT2D eigenvalue weighted by Crippen LogP contribution is -2.60. The second kappa shape index (κ2) is 9.54. The normalized spacial score (nSPS) is 19.0. The molecule has 4 rings (SSSR count). The van der Waals surface area contributed by atoms with Crippen molar-refractivity contribution in [3.05, 3.63) is 29.2 Å². The molecule has 11 heteroatoms. The minimum atomic E-state index is -0.368. The van der Waals surface area contributed by atoms with Gasteiger partial charge in [-0.1, -0.05) is 20.4 Å². The fourth-order valence-electron chi connectivity index (χ4n) is 4.65. The van der Waals surface area contributed by atoms with E-state index in [0.29, 0.717) is 42.8 Å². The lowest BCUT2D eigenvalue weighted by atomic mass is 10.1. The molecule has 2 saturated heterocycles. The molecule has 0 bridgehead atoms. The van der Waals surface area contributed by atoms with Crippen LogP contribution in [0.1, 0.15) is 20.3 Å². The highest BCUT2D eigenvalue weighted by Crippen LogP contribution is 2.29. The van der Waals surface area contributed by atoms with E-state index in [-0.39, 0.29) is 29.4 Å². The van der Waals surface area contributed by atoms with Crippen LogP contribution in [0.2, 0.25) is 0 Å². The Kier molecular flexibility index (Phi) is 6.55. The number of hydrogen-bond donors (Lipinski definition) is 1. The predicted octanol–water partition coefficient (Wildman–Crippen LogP) is 0.360. The van der Waals surface area contributed by atoms with Gasteiger partial charge in [0.1, 0.15) is 11.3 Å². The number of amides is 1. The van der Waals surface area contributed by atoms with Crippen molar-refractivity contribution in [3.63, 3.8) is 0 Å². The third-order valence-corrected chi connectivity index (χ3v) is 6.53. The van der Waals surface area contributed by atoms with Gasteiger partial charge >= 0.3 is 0 Å². The number of nitrogens with one attached hydrogen (secondary N) is 1. The number of carbonyl (C=O) groups is 1. The van der Waals surface area contributed by atoms with Crippen molar-refractivity contribution < 1.29 is 4.79 Å². The van der Waals surface area contributed by atoms with Gasteiger partial charge in [-0.05, 0) is 19.2 Å². The molecular weight excluding hydrogens is 422 g/mol. The summed E-state index contributed by atoms with van der Waals surface area (Å²) in [6, 6.07) is 2.31. The van der Waals surface area contributed by atoms with Gasteiger partial charge in [-0.25, -0.2) is 10.1 Å². The maximum absolute atomic E-state index is 12.5. The molecule has 11 nitrogen and oxygen atoms in total. The first-order valence-corrected chi connectivity index (χ1v) is 11.3.